The molecule has 5 rings (SSSR count). The molecule has 31 heavy (non-hydrogen) atoms. The van der Waals surface area contributed by atoms with Crippen LogP contribution in [0.15, 0.2) is 65.4 Å². The van der Waals surface area contributed by atoms with Gasteiger partial charge in [-0.25, -0.2) is 14.8 Å². The van der Waals surface area contributed by atoms with E-state index in [-0.39, 0.29) is 0 Å². The van der Waals surface area contributed by atoms with Crippen molar-refractivity contribution < 1.29 is 0 Å². The van der Waals surface area contributed by atoms with Crippen LogP contribution in [0.5, 0.6) is 0 Å². The molecule has 7 nitrogen and oxygen atoms in total. The van der Waals surface area contributed by atoms with E-state index in [1.807, 2.05) is 22.9 Å². The first-order valence-electron chi connectivity index (χ1n) is 10.2. The van der Waals surface area contributed by atoms with Crippen molar-refractivity contribution in [2.75, 3.05) is 0 Å². The van der Waals surface area contributed by atoms with E-state index in [9.17, 15) is 0 Å². The van der Waals surface area contributed by atoms with E-state index in [1.54, 1.807) is 11.3 Å². The second-order valence-corrected chi connectivity index (χ2v) is 8.04. The molecule has 2 aromatic carbocycles. The summed E-state index contributed by atoms with van der Waals surface area (Å²) >= 11 is 1.66. The topological polar surface area (TPSA) is 85.2 Å². The molecule has 0 amide bonds. The number of benzene rings is 2. The van der Waals surface area contributed by atoms with Crippen molar-refractivity contribution in [1.82, 2.24) is 35.4 Å². The fourth-order valence-electron chi connectivity index (χ4n) is 3.60. The van der Waals surface area contributed by atoms with Crippen LogP contribution in [0.2, 0.25) is 0 Å². The summed E-state index contributed by atoms with van der Waals surface area (Å²) in [5.74, 6) is 2.49. The van der Waals surface area contributed by atoms with E-state index in [0.29, 0.717) is 12.4 Å². The highest BCUT2D eigenvalue weighted by atomic mass is 32.1. The predicted octanol–water partition coefficient (Wildman–Crippen LogP) is 4.85. The molecule has 0 aliphatic rings. The number of aromatic nitrogens is 7. The van der Waals surface area contributed by atoms with Crippen LogP contribution in [0.25, 0.3) is 33.9 Å². The Hall–Kier alpha value is -3.65. The SMILES string of the molecule is CCCc1nc(-c2ccsc2)nn1Cc1ccc(-c2ccccc2-c2nnn[nH]2)cc1. The molecule has 0 fully saturated rings. The highest BCUT2D eigenvalue weighted by Gasteiger charge is 2.13. The van der Waals surface area contributed by atoms with Crippen LogP contribution in [-0.4, -0.2) is 35.4 Å². The maximum atomic E-state index is 4.78. The summed E-state index contributed by atoms with van der Waals surface area (Å²) in [6, 6.07) is 18.7. The first kappa shape index (κ1) is 19.3. The molecular formula is C23H21N7S. The first-order valence-corrected chi connectivity index (χ1v) is 11.1. The monoisotopic (exact) mass is 427 g/mol. The van der Waals surface area contributed by atoms with E-state index in [4.69, 9.17) is 10.1 Å². The summed E-state index contributed by atoms with van der Waals surface area (Å²) in [5, 5.41) is 23.2. The van der Waals surface area contributed by atoms with Crippen LogP contribution in [0.3, 0.4) is 0 Å². The van der Waals surface area contributed by atoms with Gasteiger partial charge in [0.25, 0.3) is 0 Å². The summed E-state index contributed by atoms with van der Waals surface area (Å²) in [7, 11) is 0. The number of nitrogens with zero attached hydrogens (tertiary/aromatic N) is 6. The van der Waals surface area contributed by atoms with Gasteiger partial charge in [-0.1, -0.05) is 55.5 Å². The summed E-state index contributed by atoms with van der Waals surface area (Å²) in [5.41, 5.74) is 5.43. The van der Waals surface area contributed by atoms with Gasteiger partial charge in [0.2, 0.25) is 0 Å². The quantitative estimate of drug-likeness (QED) is 0.401. The van der Waals surface area contributed by atoms with Crippen LogP contribution >= 0.6 is 11.3 Å². The maximum absolute atomic E-state index is 4.78. The smallest absolute Gasteiger partial charge is 0.182 e. The van der Waals surface area contributed by atoms with Gasteiger partial charge in [0, 0.05) is 22.9 Å². The van der Waals surface area contributed by atoms with E-state index in [1.165, 1.54) is 5.56 Å². The third-order valence-electron chi connectivity index (χ3n) is 5.13. The first-order chi connectivity index (χ1) is 15.3. The Labute approximate surface area is 183 Å². The van der Waals surface area contributed by atoms with Crippen molar-refractivity contribution in [1.29, 1.82) is 0 Å². The van der Waals surface area contributed by atoms with Crippen molar-refractivity contribution in [2.45, 2.75) is 26.3 Å². The van der Waals surface area contributed by atoms with Gasteiger partial charge in [-0.3, -0.25) is 0 Å². The molecule has 0 spiro atoms. The number of hydrogen-bond donors (Lipinski definition) is 1. The van der Waals surface area contributed by atoms with Crippen LogP contribution in [0.1, 0.15) is 24.7 Å². The molecule has 0 aliphatic heterocycles. The molecule has 8 heteroatoms. The zero-order chi connectivity index (χ0) is 21.0. The molecule has 0 saturated carbocycles. The Bertz CT molecular complexity index is 1260. The Morgan fingerprint density at radius 3 is 2.52 bits per heavy atom. The minimum atomic E-state index is 0.660. The number of aromatic amines is 1. The van der Waals surface area contributed by atoms with Gasteiger partial charge in [-0.05, 0) is 45.0 Å². The van der Waals surface area contributed by atoms with Crippen molar-refractivity contribution in [3.8, 4) is 33.9 Å². The van der Waals surface area contributed by atoms with Crippen LogP contribution in [-0.2, 0) is 13.0 Å². The zero-order valence-electron chi connectivity index (χ0n) is 17.1. The standard InChI is InChI=1S/C23H21N7S/c1-2-5-21-24-22(18-12-13-31-15-18)27-30(21)14-16-8-10-17(11-9-16)19-6-3-4-7-20(19)23-25-28-29-26-23/h3-4,6-13,15H,2,5,14H2,1H3,(H,25,26,28,29). The van der Waals surface area contributed by atoms with Gasteiger partial charge in [0.05, 0.1) is 6.54 Å². The van der Waals surface area contributed by atoms with Gasteiger partial charge in [-0.2, -0.15) is 16.4 Å². The average molecular weight is 428 g/mol. The minimum Gasteiger partial charge on any atom is -0.245 e. The maximum Gasteiger partial charge on any atom is 0.182 e. The third kappa shape index (κ3) is 4.02. The largest absolute Gasteiger partial charge is 0.245 e. The fourth-order valence-corrected chi connectivity index (χ4v) is 4.24. The normalized spacial score (nSPS) is 11.1. The molecule has 154 valence electrons. The highest BCUT2D eigenvalue weighted by molar-refractivity contribution is 7.08. The number of hydrogen-bond acceptors (Lipinski definition) is 6. The lowest BCUT2D eigenvalue weighted by atomic mass is 9.98. The van der Waals surface area contributed by atoms with Crippen LogP contribution < -0.4 is 0 Å². The minimum absolute atomic E-state index is 0.660. The van der Waals surface area contributed by atoms with Crippen molar-refractivity contribution >= 4 is 11.3 Å². The van der Waals surface area contributed by atoms with Gasteiger partial charge in [0.15, 0.2) is 11.6 Å². The molecular weight excluding hydrogens is 406 g/mol. The summed E-state index contributed by atoms with van der Waals surface area (Å²) in [4.78, 5) is 4.78. The number of aryl methyl sites for hydroxylation is 1. The molecule has 5 aromatic rings. The number of rotatable bonds is 7. The third-order valence-corrected chi connectivity index (χ3v) is 5.81. The molecule has 3 aromatic heterocycles. The fraction of sp³-hybridized carbons (Fsp3) is 0.174. The Morgan fingerprint density at radius 2 is 1.81 bits per heavy atom. The molecule has 3 heterocycles. The number of nitrogens with one attached hydrogen (secondary N) is 1. The van der Waals surface area contributed by atoms with E-state index < -0.39 is 0 Å². The molecule has 0 saturated heterocycles. The highest BCUT2D eigenvalue weighted by Crippen LogP contribution is 2.30. The second kappa shape index (κ2) is 8.61. The lowest BCUT2D eigenvalue weighted by Crippen LogP contribution is -2.07. The molecule has 0 radical (unpaired) electrons. The molecule has 0 atom stereocenters. The number of thiophene rings is 1. The van der Waals surface area contributed by atoms with E-state index in [0.717, 1.165) is 46.7 Å². The Morgan fingerprint density at radius 1 is 0.968 bits per heavy atom. The number of H-pyrrole nitrogens is 1. The summed E-state index contributed by atoms with van der Waals surface area (Å²) in [6.45, 7) is 2.86. The molecule has 0 aliphatic carbocycles. The average Bonchev–Trinajstić information content (AvgIpc) is 3.57. The van der Waals surface area contributed by atoms with Crippen LogP contribution in [0.4, 0.5) is 0 Å². The van der Waals surface area contributed by atoms with Crippen molar-refractivity contribution in [3.05, 3.63) is 76.7 Å². The lowest BCUT2D eigenvalue weighted by molar-refractivity contribution is 0.630. The van der Waals surface area contributed by atoms with Gasteiger partial charge in [0.1, 0.15) is 5.82 Å². The molecule has 0 unspecified atom stereocenters. The summed E-state index contributed by atoms with van der Waals surface area (Å²) in [6.07, 6.45) is 1.95. The Kier molecular flexibility index (Phi) is 5.37. The van der Waals surface area contributed by atoms with E-state index in [2.05, 4.69) is 74.7 Å². The van der Waals surface area contributed by atoms with Gasteiger partial charge in [-0.15, -0.1) is 5.10 Å². The second-order valence-electron chi connectivity index (χ2n) is 7.26. The van der Waals surface area contributed by atoms with Crippen molar-refractivity contribution in [2.24, 2.45) is 0 Å². The summed E-state index contributed by atoms with van der Waals surface area (Å²) < 4.78 is 2.03. The van der Waals surface area contributed by atoms with Crippen molar-refractivity contribution in [3.63, 3.8) is 0 Å². The molecule has 0 bridgehead atoms. The zero-order valence-corrected chi connectivity index (χ0v) is 17.9. The predicted molar refractivity (Wildman–Crippen MR) is 121 cm³/mol. The lowest BCUT2D eigenvalue weighted by Gasteiger charge is -2.09. The van der Waals surface area contributed by atoms with E-state index >= 15 is 0 Å². The Balaban J connectivity index is 1.42. The van der Waals surface area contributed by atoms with Crippen LogP contribution in [0, 0.1) is 0 Å². The molecule has 1 N–H and O–H groups in total. The van der Waals surface area contributed by atoms with Gasteiger partial charge < -0.3 is 0 Å². The number of tetrazole rings is 1. The van der Waals surface area contributed by atoms with Gasteiger partial charge >= 0.3 is 0 Å².